The summed E-state index contributed by atoms with van der Waals surface area (Å²) >= 11 is 0. The molecule has 0 amide bonds. The van der Waals surface area contributed by atoms with Gasteiger partial charge in [-0.25, -0.2) is 0 Å². The topological polar surface area (TPSA) is 17.4 Å². The Hall–Kier alpha value is -2.57. The van der Waals surface area contributed by atoms with Gasteiger partial charge in [0.05, 0.1) is 12.2 Å². The van der Waals surface area contributed by atoms with Crippen LogP contribution in [-0.2, 0) is 17.5 Å². The van der Waals surface area contributed by atoms with E-state index >= 15 is 0 Å². The van der Waals surface area contributed by atoms with Gasteiger partial charge in [-0.05, 0) is 29.8 Å². The maximum Gasteiger partial charge on any atom is 0.416 e. The van der Waals surface area contributed by atoms with Gasteiger partial charge < -0.3 is 9.30 Å². The quantitative estimate of drug-likeness (QED) is 0.639. The van der Waals surface area contributed by atoms with Crippen LogP contribution in [0, 0.1) is 0 Å². The van der Waals surface area contributed by atoms with Crippen molar-refractivity contribution in [1.82, 2.24) is 9.47 Å². The van der Waals surface area contributed by atoms with Gasteiger partial charge in [-0.3, -0.25) is 4.90 Å². The minimum Gasteiger partial charge on any atom is -0.357 e. The fourth-order valence-corrected chi connectivity index (χ4v) is 3.35. The van der Waals surface area contributed by atoms with Crippen LogP contribution in [0.4, 0.5) is 13.2 Å². The Labute approximate surface area is 155 Å². The number of alkyl halides is 3. The van der Waals surface area contributed by atoms with Crippen molar-refractivity contribution in [1.29, 1.82) is 0 Å². The lowest BCUT2D eigenvalue weighted by molar-refractivity contribution is -0.137. The van der Waals surface area contributed by atoms with Gasteiger partial charge in [-0.15, -0.1) is 0 Å². The van der Waals surface area contributed by atoms with Crippen molar-refractivity contribution in [2.45, 2.75) is 18.9 Å². The molecule has 0 N–H and O–H groups in total. The molecule has 3 nitrogen and oxygen atoms in total. The third kappa shape index (κ3) is 3.91. The number of hydrogen-bond donors (Lipinski definition) is 0. The molecule has 140 valence electrons. The predicted molar refractivity (Wildman–Crippen MR) is 96.3 cm³/mol. The van der Waals surface area contributed by atoms with Crippen LogP contribution in [0.25, 0.3) is 5.69 Å². The summed E-state index contributed by atoms with van der Waals surface area (Å²) in [5.41, 5.74) is 1.95. The fraction of sp³-hybridized carbons (Fsp3) is 0.238. The molecule has 1 atom stereocenters. The number of benzene rings is 2. The number of ether oxygens (including phenoxy) is 1. The van der Waals surface area contributed by atoms with Gasteiger partial charge >= 0.3 is 6.18 Å². The van der Waals surface area contributed by atoms with Crippen LogP contribution < -0.4 is 0 Å². The smallest absolute Gasteiger partial charge is 0.357 e. The molecule has 1 aromatic heterocycles. The molecule has 3 aromatic rings. The molecule has 0 unspecified atom stereocenters. The fourth-order valence-electron chi connectivity index (χ4n) is 3.35. The highest BCUT2D eigenvalue weighted by Gasteiger charge is 2.31. The van der Waals surface area contributed by atoms with E-state index in [-0.39, 0.29) is 6.23 Å². The second-order valence-corrected chi connectivity index (χ2v) is 6.58. The van der Waals surface area contributed by atoms with E-state index in [2.05, 4.69) is 17.0 Å². The molecule has 1 aliphatic rings. The Kier molecular flexibility index (Phi) is 4.76. The summed E-state index contributed by atoms with van der Waals surface area (Å²) in [5, 5.41) is 0. The summed E-state index contributed by atoms with van der Waals surface area (Å²) in [5.74, 6) is 0. The Morgan fingerprint density at radius 1 is 1.00 bits per heavy atom. The zero-order valence-electron chi connectivity index (χ0n) is 14.6. The van der Waals surface area contributed by atoms with E-state index in [0.29, 0.717) is 12.3 Å². The van der Waals surface area contributed by atoms with Gasteiger partial charge in [0, 0.05) is 36.7 Å². The molecule has 6 heteroatoms. The number of nitrogens with zero attached hydrogens (tertiary/aromatic N) is 2. The first-order valence-corrected chi connectivity index (χ1v) is 8.76. The first kappa shape index (κ1) is 17.8. The summed E-state index contributed by atoms with van der Waals surface area (Å²) in [4.78, 5) is 2.22. The summed E-state index contributed by atoms with van der Waals surface area (Å²) in [6.45, 7) is 2.21. The number of halogens is 3. The molecular formula is C21H19F3N2O. The van der Waals surface area contributed by atoms with Crippen LogP contribution in [-0.4, -0.2) is 22.6 Å². The van der Waals surface area contributed by atoms with E-state index in [4.69, 9.17) is 4.74 Å². The van der Waals surface area contributed by atoms with Crippen LogP contribution in [0.15, 0.2) is 73.1 Å². The predicted octanol–water partition coefficient (Wildman–Crippen LogP) is 5.03. The molecule has 0 radical (unpaired) electrons. The molecular weight excluding hydrogens is 353 g/mol. The van der Waals surface area contributed by atoms with Crippen molar-refractivity contribution in [3.8, 4) is 5.69 Å². The highest BCUT2D eigenvalue weighted by molar-refractivity contribution is 5.38. The van der Waals surface area contributed by atoms with Crippen LogP contribution in [0.5, 0.6) is 0 Å². The summed E-state index contributed by atoms with van der Waals surface area (Å²) in [7, 11) is 0. The Bertz CT molecular complexity index is 905. The van der Waals surface area contributed by atoms with E-state index in [0.717, 1.165) is 30.8 Å². The monoisotopic (exact) mass is 372 g/mol. The third-order valence-electron chi connectivity index (χ3n) is 4.69. The van der Waals surface area contributed by atoms with Gasteiger partial charge in [0.15, 0.2) is 0 Å². The van der Waals surface area contributed by atoms with Crippen molar-refractivity contribution in [3.63, 3.8) is 0 Å². The molecule has 0 aliphatic carbocycles. The molecule has 2 aromatic carbocycles. The molecule has 1 fully saturated rings. The highest BCUT2D eigenvalue weighted by Crippen LogP contribution is 2.32. The zero-order chi connectivity index (χ0) is 18.9. The molecule has 4 rings (SSSR count). The molecule has 0 saturated carbocycles. The summed E-state index contributed by atoms with van der Waals surface area (Å²) < 4.78 is 46.5. The molecule has 0 bridgehead atoms. The lowest BCUT2D eigenvalue weighted by Crippen LogP contribution is -2.23. The minimum absolute atomic E-state index is 0.197. The lowest BCUT2D eigenvalue weighted by Gasteiger charge is -2.22. The van der Waals surface area contributed by atoms with E-state index < -0.39 is 11.7 Å². The summed E-state index contributed by atoms with van der Waals surface area (Å²) in [6.07, 6.45) is -0.943. The lowest BCUT2D eigenvalue weighted by atomic mass is 10.2. The molecule has 27 heavy (non-hydrogen) atoms. The number of rotatable bonds is 4. The third-order valence-corrected chi connectivity index (χ3v) is 4.69. The first-order chi connectivity index (χ1) is 13.0. The van der Waals surface area contributed by atoms with Gasteiger partial charge in [-0.1, -0.05) is 36.4 Å². The Morgan fingerprint density at radius 2 is 1.81 bits per heavy atom. The van der Waals surface area contributed by atoms with E-state index in [1.54, 1.807) is 16.8 Å². The van der Waals surface area contributed by atoms with Crippen LogP contribution in [0.3, 0.4) is 0 Å². The maximum atomic E-state index is 13.0. The van der Waals surface area contributed by atoms with Crippen LogP contribution >= 0.6 is 0 Å². The molecule has 0 spiro atoms. The number of hydrogen-bond acceptors (Lipinski definition) is 2. The SMILES string of the molecule is FC(F)(F)c1cccc(-n2ccc([C@H]3OCCN3Cc3ccccc3)c2)c1. The highest BCUT2D eigenvalue weighted by atomic mass is 19.4. The average Bonchev–Trinajstić information content (AvgIpc) is 3.31. The normalized spacial score (nSPS) is 18.1. The van der Waals surface area contributed by atoms with Crippen molar-refractivity contribution in [2.75, 3.05) is 13.2 Å². The second-order valence-electron chi connectivity index (χ2n) is 6.58. The van der Waals surface area contributed by atoms with Crippen molar-refractivity contribution >= 4 is 0 Å². The second kappa shape index (κ2) is 7.21. The Morgan fingerprint density at radius 3 is 2.59 bits per heavy atom. The van der Waals surface area contributed by atoms with Crippen LogP contribution in [0.1, 0.15) is 22.9 Å². The van der Waals surface area contributed by atoms with Crippen molar-refractivity contribution < 1.29 is 17.9 Å². The summed E-state index contributed by atoms with van der Waals surface area (Å²) in [6, 6.07) is 17.4. The Balaban J connectivity index is 1.55. The van der Waals surface area contributed by atoms with Crippen molar-refractivity contribution in [2.24, 2.45) is 0 Å². The van der Waals surface area contributed by atoms with Gasteiger partial charge in [0.1, 0.15) is 6.23 Å². The first-order valence-electron chi connectivity index (χ1n) is 8.76. The van der Waals surface area contributed by atoms with Gasteiger partial charge in [-0.2, -0.15) is 13.2 Å². The van der Waals surface area contributed by atoms with E-state index in [9.17, 15) is 13.2 Å². The molecule has 1 saturated heterocycles. The minimum atomic E-state index is -4.35. The van der Waals surface area contributed by atoms with Crippen molar-refractivity contribution in [3.05, 3.63) is 89.7 Å². The molecule has 2 heterocycles. The van der Waals surface area contributed by atoms with Gasteiger partial charge in [0.2, 0.25) is 0 Å². The van der Waals surface area contributed by atoms with Gasteiger partial charge in [0.25, 0.3) is 0 Å². The van der Waals surface area contributed by atoms with E-state index in [1.165, 1.54) is 11.6 Å². The average molecular weight is 372 g/mol. The van der Waals surface area contributed by atoms with Crippen LogP contribution in [0.2, 0.25) is 0 Å². The molecule has 1 aliphatic heterocycles. The standard InChI is InChI=1S/C21H19F3N2O/c22-21(23,24)18-7-4-8-19(13-18)25-10-9-17(15-25)20-26(11-12-27-20)14-16-5-2-1-3-6-16/h1-10,13,15,20H,11-12,14H2/t20-/m1/s1. The maximum absolute atomic E-state index is 13.0. The largest absolute Gasteiger partial charge is 0.416 e. The number of aromatic nitrogens is 1. The van der Waals surface area contributed by atoms with E-state index in [1.807, 2.05) is 30.5 Å². The zero-order valence-corrected chi connectivity index (χ0v) is 14.6.